The second-order valence-electron chi connectivity index (χ2n) is 6.31. The summed E-state index contributed by atoms with van der Waals surface area (Å²) in [6.07, 6.45) is 10.1. The van der Waals surface area contributed by atoms with Crippen molar-refractivity contribution in [3.63, 3.8) is 0 Å². The normalized spacial score (nSPS) is 24.0. The number of hydrogen-bond donors (Lipinski definition) is 1. The van der Waals surface area contributed by atoms with Crippen LogP contribution >= 0.6 is 11.3 Å². The van der Waals surface area contributed by atoms with Gasteiger partial charge in [-0.3, -0.25) is 0 Å². The molecule has 1 aliphatic carbocycles. The van der Waals surface area contributed by atoms with E-state index in [1.54, 1.807) is 0 Å². The van der Waals surface area contributed by atoms with E-state index in [1.165, 1.54) is 42.0 Å². The maximum atomic E-state index is 4.49. The molecular formula is C16H28N2S. The third-order valence-corrected chi connectivity index (χ3v) is 5.22. The number of aromatic nitrogens is 1. The lowest BCUT2D eigenvalue weighted by atomic mass is 9.81. The molecule has 1 aliphatic rings. The molecule has 0 aliphatic heterocycles. The van der Waals surface area contributed by atoms with Gasteiger partial charge in [-0.1, -0.05) is 33.6 Å². The number of nitrogens with one attached hydrogen (secondary N) is 1. The molecule has 2 atom stereocenters. The minimum atomic E-state index is 0.714. The molecule has 1 saturated carbocycles. The lowest BCUT2D eigenvalue weighted by molar-refractivity contribution is 0.252. The summed E-state index contributed by atoms with van der Waals surface area (Å²) in [5.74, 6) is 1.78. The number of rotatable bonds is 6. The van der Waals surface area contributed by atoms with Gasteiger partial charge in [0.1, 0.15) is 5.01 Å². The van der Waals surface area contributed by atoms with Crippen LogP contribution in [0.15, 0.2) is 6.20 Å². The minimum absolute atomic E-state index is 0.714. The van der Waals surface area contributed by atoms with Crippen molar-refractivity contribution in [3.05, 3.63) is 16.1 Å². The molecule has 0 amide bonds. The highest BCUT2D eigenvalue weighted by atomic mass is 32.1. The van der Waals surface area contributed by atoms with Crippen molar-refractivity contribution in [1.82, 2.24) is 10.3 Å². The van der Waals surface area contributed by atoms with Gasteiger partial charge in [-0.25, -0.2) is 4.98 Å². The second-order valence-corrected chi connectivity index (χ2v) is 7.51. The van der Waals surface area contributed by atoms with Gasteiger partial charge < -0.3 is 5.32 Å². The van der Waals surface area contributed by atoms with Crippen molar-refractivity contribution in [2.45, 2.75) is 71.9 Å². The van der Waals surface area contributed by atoms with E-state index in [0.717, 1.165) is 24.8 Å². The van der Waals surface area contributed by atoms with Crippen LogP contribution in [0, 0.1) is 11.8 Å². The summed E-state index contributed by atoms with van der Waals surface area (Å²) in [6.45, 7) is 7.85. The number of nitrogens with zero attached hydrogens (tertiary/aromatic N) is 1. The molecule has 0 spiro atoms. The quantitative estimate of drug-likeness (QED) is 0.835. The van der Waals surface area contributed by atoms with Crippen LogP contribution < -0.4 is 5.32 Å². The molecule has 1 heterocycles. The number of aryl methyl sites for hydroxylation is 1. The fraction of sp³-hybridized carbons (Fsp3) is 0.812. The zero-order chi connectivity index (χ0) is 13.7. The van der Waals surface area contributed by atoms with E-state index in [9.17, 15) is 0 Å². The molecule has 0 saturated heterocycles. The highest BCUT2D eigenvalue weighted by Gasteiger charge is 2.22. The van der Waals surface area contributed by atoms with Gasteiger partial charge in [0, 0.05) is 23.7 Å². The second kappa shape index (κ2) is 7.39. The Hall–Kier alpha value is -0.410. The summed E-state index contributed by atoms with van der Waals surface area (Å²) < 4.78 is 0. The lowest BCUT2D eigenvalue weighted by Crippen LogP contribution is -2.34. The Labute approximate surface area is 122 Å². The molecule has 2 nitrogen and oxygen atoms in total. The maximum Gasteiger partial charge on any atom is 0.107 e. The van der Waals surface area contributed by atoms with Gasteiger partial charge in [0.05, 0.1) is 0 Å². The highest BCUT2D eigenvalue weighted by molar-refractivity contribution is 7.11. The first-order valence-electron chi connectivity index (χ1n) is 7.84. The molecule has 0 radical (unpaired) electrons. The number of thiazole rings is 1. The van der Waals surface area contributed by atoms with Gasteiger partial charge in [0.25, 0.3) is 0 Å². The van der Waals surface area contributed by atoms with Crippen molar-refractivity contribution < 1.29 is 0 Å². The average molecular weight is 280 g/mol. The van der Waals surface area contributed by atoms with E-state index in [0.29, 0.717) is 6.04 Å². The molecule has 19 heavy (non-hydrogen) atoms. The zero-order valence-electron chi connectivity index (χ0n) is 12.6. The Balaban J connectivity index is 1.75. The largest absolute Gasteiger partial charge is 0.308 e. The number of hydrogen-bond acceptors (Lipinski definition) is 3. The van der Waals surface area contributed by atoms with E-state index in [4.69, 9.17) is 0 Å². The van der Waals surface area contributed by atoms with E-state index >= 15 is 0 Å². The van der Waals surface area contributed by atoms with Crippen molar-refractivity contribution in [3.8, 4) is 0 Å². The van der Waals surface area contributed by atoms with Crippen LogP contribution in [0.3, 0.4) is 0 Å². The predicted octanol–water partition coefficient (Wildman–Crippen LogP) is 4.40. The average Bonchev–Trinajstić information content (AvgIpc) is 2.84. The van der Waals surface area contributed by atoms with Crippen molar-refractivity contribution in [2.24, 2.45) is 11.8 Å². The van der Waals surface area contributed by atoms with Gasteiger partial charge in [-0.2, -0.15) is 0 Å². The molecule has 108 valence electrons. The molecule has 3 heteroatoms. The molecule has 0 aromatic carbocycles. The van der Waals surface area contributed by atoms with E-state index in [1.807, 2.05) is 17.5 Å². The summed E-state index contributed by atoms with van der Waals surface area (Å²) in [7, 11) is 0. The Morgan fingerprint density at radius 3 is 2.95 bits per heavy atom. The molecule has 1 aromatic rings. The summed E-state index contributed by atoms with van der Waals surface area (Å²) >= 11 is 1.86. The SMILES string of the molecule is CCc1cnc(CNC2CCCC(CC(C)C)C2)s1. The molecule has 0 bridgehead atoms. The Kier molecular flexibility index (Phi) is 5.83. The predicted molar refractivity (Wildman–Crippen MR) is 83.5 cm³/mol. The molecular weight excluding hydrogens is 252 g/mol. The van der Waals surface area contributed by atoms with Crippen LogP contribution in [0.4, 0.5) is 0 Å². The third-order valence-electron chi connectivity index (χ3n) is 4.08. The highest BCUT2D eigenvalue weighted by Crippen LogP contribution is 2.29. The Morgan fingerprint density at radius 1 is 1.42 bits per heavy atom. The minimum Gasteiger partial charge on any atom is -0.308 e. The van der Waals surface area contributed by atoms with Crippen LogP contribution in [0.25, 0.3) is 0 Å². The first kappa shape index (κ1) is 15.0. The van der Waals surface area contributed by atoms with Gasteiger partial charge in [-0.15, -0.1) is 11.3 Å². The van der Waals surface area contributed by atoms with Crippen molar-refractivity contribution >= 4 is 11.3 Å². The van der Waals surface area contributed by atoms with Crippen LogP contribution in [0.2, 0.25) is 0 Å². The molecule has 2 rings (SSSR count). The van der Waals surface area contributed by atoms with Gasteiger partial charge in [0.2, 0.25) is 0 Å². The van der Waals surface area contributed by atoms with Crippen LogP contribution in [0.5, 0.6) is 0 Å². The van der Waals surface area contributed by atoms with Crippen LogP contribution in [-0.4, -0.2) is 11.0 Å². The van der Waals surface area contributed by atoms with Gasteiger partial charge in [0.15, 0.2) is 0 Å². The standard InChI is InChI=1S/C16H28N2S/c1-4-15-10-18-16(19-15)11-17-14-7-5-6-13(9-14)8-12(2)3/h10,12-14,17H,4-9,11H2,1-3H3. The molecule has 1 aromatic heterocycles. The molecule has 1 fully saturated rings. The zero-order valence-corrected chi connectivity index (χ0v) is 13.4. The maximum absolute atomic E-state index is 4.49. The van der Waals surface area contributed by atoms with Crippen LogP contribution in [0.1, 0.15) is 62.8 Å². The van der Waals surface area contributed by atoms with Crippen molar-refractivity contribution in [2.75, 3.05) is 0 Å². The summed E-state index contributed by atoms with van der Waals surface area (Å²) in [5.41, 5.74) is 0. The fourth-order valence-electron chi connectivity index (χ4n) is 3.18. The molecule has 1 N–H and O–H groups in total. The van der Waals surface area contributed by atoms with Crippen molar-refractivity contribution in [1.29, 1.82) is 0 Å². The first-order chi connectivity index (χ1) is 9.17. The lowest BCUT2D eigenvalue weighted by Gasteiger charge is -2.30. The Bertz CT molecular complexity index is 373. The first-order valence-corrected chi connectivity index (χ1v) is 8.66. The van der Waals surface area contributed by atoms with Gasteiger partial charge >= 0.3 is 0 Å². The van der Waals surface area contributed by atoms with E-state index in [2.05, 4.69) is 31.1 Å². The van der Waals surface area contributed by atoms with Gasteiger partial charge in [-0.05, 0) is 37.5 Å². The summed E-state index contributed by atoms with van der Waals surface area (Å²) in [6, 6.07) is 0.714. The summed E-state index contributed by atoms with van der Waals surface area (Å²) in [5, 5.41) is 4.98. The van der Waals surface area contributed by atoms with E-state index in [-0.39, 0.29) is 0 Å². The Morgan fingerprint density at radius 2 is 2.26 bits per heavy atom. The summed E-state index contributed by atoms with van der Waals surface area (Å²) in [4.78, 5) is 5.90. The third kappa shape index (κ3) is 4.88. The fourth-order valence-corrected chi connectivity index (χ4v) is 4.00. The topological polar surface area (TPSA) is 24.9 Å². The van der Waals surface area contributed by atoms with Crippen LogP contribution in [-0.2, 0) is 13.0 Å². The van der Waals surface area contributed by atoms with E-state index < -0.39 is 0 Å². The monoisotopic (exact) mass is 280 g/mol. The molecule has 2 unspecified atom stereocenters. The smallest absolute Gasteiger partial charge is 0.107 e.